The van der Waals surface area contributed by atoms with Crippen molar-refractivity contribution in [3.63, 3.8) is 0 Å². The van der Waals surface area contributed by atoms with Crippen LogP contribution in [0.15, 0.2) is 42.5 Å². The number of amides is 2. The number of anilines is 3. The first-order valence-electron chi connectivity index (χ1n) is 10.5. The van der Waals surface area contributed by atoms with Gasteiger partial charge in [-0.3, -0.25) is 9.59 Å². The van der Waals surface area contributed by atoms with E-state index < -0.39 is 54.0 Å². The minimum Gasteiger partial charge on any atom is -0.335 e. The molecule has 3 rings (SSSR count). The molecule has 13 heteroatoms. The van der Waals surface area contributed by atoms with Gasteiger partial charge < -0.3 is 20.3 Å². The maximum absolute atomic E-state index is 13.6. The molecule has 2 amide bonds. The minimum atomic E-state index is -5.03. The molecule has 0 radical (unpaired) electrons. The van der Waals surface area contributed by atoms with Gasteiger partial charge in [0.05, 0.1) is 23.7 Å². The van der Waals surface area contributed by atoms with Crippen LogP contribution in [0, 0.1) is 17.2 Å². The lowest BCUT2D eigenvalue weighted by Crippen LogP contribution is -2.42. The van der Waals surface area contributed by atoms with Crippen LogP contribution < -0.4 is 15.5 Å². The second-order valence-corrected chi connectivity index (χ2v) is 8.22. The maximum Gasteiger partial charge on any atom is 0.433 e. The third-order valence-electron chi connectivity index (χ3n) is 5.22. The fraction of sp³-hybridized carbons (Fsp3) is 0.348. The number of carbonyl (C=O) groups is 2. The summed E-state index contributed by atoms with van der Waals surface area (Å²) in [5, 5.41) is 13.9. The molecule has 192 valence electrons. The summed E-state index contributed by atoms with van der Waals surface area (Å²) in [5.74, 6) is -1.45. The first-order valence-corrected chi connectivity index (χ1v) is 10.5. The monoisotopic (exact) mass is 514 g/mol. The van der Waals surface area contributed by atoms with Crippen molar-refractivity contribution in [1.82, 2.24) is 0 Å². The van der Waals surface area contributed by atoms with Gasteiger partial charge in [-0.1, -0.05) is 13.8 Å². The fourth-order valence-corrected chi connectivity index (χ4v) is 3.38. The molecule has 2 N–H and O–H groups in total. The zero-order chi connectivity index (χ0) is 26.8. The van der Waals surface area contributed by atoms with Crippen molar-refractivity contribution < 1.29 is 40.7 Å². The summed E-state index contributed by atoms with van der Waals surface area (Å²) in [6.07, 6.45) is -14.4. The van der Waals surface area contributed by atoms with Gasteiger partial charge in [0.2, 0.25) is 12.1 Å². The molecule has 1 heterocycles. The number of ether oxygens (including phenoxy) is 1. The van der Waals surface area contributed by atoms with Crippen molar-refractivity contribution in [1.29, 1.82) is 5.26 Å². The highest BCUT2D eigenvalue weighted by Crippen LogP contribution is 2.39. The van der Waals surface area contributed by atoms with Gasteiger partial charge in [-0.25, -0.2) is 0 Å². The number of alkyl halides is 6. The van der Waals surface area contributed by atoms with Crippen LogP contribution in [-0.2, 0) is 20.5 Å². The van der Waals surface area contributed by atoms with Crippen molar-refractivity contribution in [3.8, 4) is 6.07 Å². The SMILES string of the molecule is CC(C)C(=O)Nc1ccc(NC(=O)[C@@H]2CN(c3ccc(C#N)c(C(F)(F)F)c3)[C@@H](C(F)(F)F)O2)cc1. The Balaban J connectivity index is 1.80. The summed E-state index contributed by atoms with van der Waals surface area (Å²) in [7, 11) is 0. The standard InChI is InChI=1S/C23H20F6N4O3/c1-12(2)19(34)31-14-4-6-15(7-5-14)32-20(35)18-11-33(21(36-18)23(27,28)29)16-8-3-13(10-30)17(9-16)22(24,25)26/h3-9,12,18,21H,11H2,1-2H3,(H,31,34)(H,32,35)/t18-,21+/m0/s1. The van der Waals surface area contributed by atoms with Gasteiger partial charge in [-0.05, 0) is 42.5 Å². The number of nitrogens with zero attached hydrogens (tertiary/aromatic N) is 2. The Morgan fingerprint density at radius 3 is 2.11 bits per heavy atom. The molecule has 2 aromatic rings. The van der Waals surface area contributed by atoms with E-state index in [1.165, 1.54) is 30.3 Å². The molecule has 0 spiro atoms. The van der Waals surface area contributed by atoms with Gasteiger partial charge in [-0.15, -0.1) is 0 Å². The van der Waals surface area contributed by atoms with E-state index in [-0.39, 0.29) is 17.5 Å². The van der Waals surface area contributed by atoms with Gasteiger partial charge in [0.1, 0.15) is 0 Å². The first-order chi connectivity index (χ1) is 16.7. The second-order valence-electron chi connectivity index (χ2n) is 8.22. The lowest BCUT2D eigenvalue weighted by molar-refractivity contribution is -0.212. The van der Waals surface area contributed by atoms with Gasteiger partial charge >= 0.3 is 12.4 Å². The molecule has 1 fully saturated rings. The summed E-state index contributed by atoms with van der Waals surface area (Å²) in [6, 6.07) is 9.26. The van der Waals surface area contributed by atoms with Crippen molar-refractivity contribution in [2.75, 3.05) is 22.1 Å². The van der Waals surface area contributed by atoms with Crippen molar-refractivity contribution in [3.05, 3.63) is 53.6 Å². The van der Waals surface area contributed by atoms with Crippen LogP contribution in [0.5, 0.6) is 0 Å². The van der Waals surface area contributed by atoms with Gasteiger partial charge in [0.25, 0.3) is 5.91 Å². The van der Waals surface area contributed by atoms with Crippen LogP contribution >= 0.6 is 0 Å². The molecule has 7 nitrogen and oxygen atoms in total. The lowest BCUT2D eigenvalue weighted by atomic mass is 10.1. The molecule has 0 bridgehead atoms. The number of halogens is 6. The Bertz CT molecular complexity index is 1170. The van der Waals surface area contributed by atoms with Gasteiger partial charge in [-0.2, -0.15) is 31.6 Å². The number of nitrogens with one attached hydrogen (secondary N) is 2. The molecule has 2 atom stereocenters. The zero-order valence-electron chi connectivity index (χ0n) is 18.9. The average molecular weight is 514 g/mol. The maximum atomic E-state index is 13.6. The van der Waals surface area contributed by atoms with Crippen LogP contribution in [-0.4, -0.2) is 36.9 Å². The van der Waals surface area contributed by atoms with E-state index in [0.29, 0.717) is 16.7 Å². The molecule has 1 aliphatic rings. The molecule has 36 heavy (non-hydrogen) atoms. The van der Waals surface area contributed by atoms with Crippen LogP contribution in [0.2, 0.25) is 0 Å². The summed E-state index contributed by atoms with van der Waals surface area (Å²) < 4.78 is 85.7. The van der Waals surface area contributed by atoms with E-state index in [4.69, 9.17) is 10.00 Å². The number of nitriles is 1. The molecule has 1 saturated heterocycles. The summed E-state index contributed by atoms with van der Waals surface area (Å²) in [4.78, 5) is 24.9. The Morgan fingerprint density at radius 2 is 1.61 bits per heavy atom. The highest BCUT2D eigenvalue weighted by atomic mass is 19.4. The third kappa shape index (κ3) is 6.06. The van der Waals surface area contributed by atoms with E-state index in [9.17, 15) is 35.9 Å². The number of carbonyl (C=O) groups excluding carboxylic acids is 2. The molecule has 0 aliphatic carbocycles. The van der Waals surface area contributed by atoms with E-state index in [2.05, 4.69) is 10.6 Å². The quantitative estimate of drug-likeness (QED) is 0.554. The number of hydrogen-bond acceptors (Lipinski definition) is 5. The molecular weight excluding hydrogens is 494 g/mol. The minimum absolute atomic E-state index is 0.200. The fourth-order valence-electron chi connectivity index (χ4n) is 3.38. The largest absolute Gasteiger partial charge is 0.433 e. The van der Waals surface area contributed by atoms with Crippen molar-refractivity contribution in [2.24, 2.45) is 5.92 Å². The van der Waals surface area contributed by atoms with E-state index in [1.54, 1.807) is 13.8 Å². The van der Waals surface area contributed by atoms with Gasteiger partial charge in [0.15, 0.2) is 6.10 Å². The lowest BCUT2D eigenvalue weighted by Gasteiger charge is -2.27. The Kier molecular flexibility index (Phi) is 7.49. The normalized spacial score (nSPS) is 18.2. The highest BCUT2D eigenvalue weighted by Gasteiger charge is 2.52. The van der Waals surface area contributed by atoms with Crippen molar-refractivity contribution >= 4 is 28.9 Å². The molecule has 0 aromatic heterocycles. The predicted molar refractivity (Wildman–Crippen MR) is 117 cm³/mol. The van der Waals surface area contributed by atoms with Gasteiger partial charge in [0, 0.05) is 23.0 Å². The average Bonchev–Trinajstić information content (AvgIpc) is 3.25. The molecule has 1 aliphatic heterocycles. The number of benzene rings is 2. The number of hydrogen-bond donors (Lipinski definition) is 2. The molecular formula is C23H20F6N4O3. The smallest absolute Gasteiger partial charge is 0.335 e. The number of rotatable bonds is 5. The highest BCUT2D eigenvalue weighted by molar-refractivity contribution is 5.96. The Morgan fingerprint density at radius 1 is 1.03 bits per heavy atom. The summed E-state index contributed by atoms with van der Waals surface area (Å²) in [5.41, 5.74) is -2.03. The Labute approximate surface area is 201 Å². The van der Waals surface area contributed by atoms with Crippen LogP contribution in [0.3, 0.4) is 0 Å². The molecule has 0 unspecified atom stereocenters. The third-order valence-corrected chi connectivity index (χ3v) is 5.22. The van der Waals surface area contributed by atoms with Crippen LogP contribution in [0.1, 0.15) is 25.0 Å². The first kappa shape index (κ1) is 26.8. The van der Waals surface area contributed by atoms with Crippen LogP contribution in [0.25, 0.3) is 0 Å². The predicted octanol–water partition coefficient (Wildman–Crippen LogP) is 4.90. The Hall–Kier alpha value is -3.79. The van der Waals surface area contributed by atoms with Crippen LogP contribution in [0.4, 0.5) is 43.4 Å². The molecule has 0 saturated carbocycles. The summed E-state index contributed by atoms with van der Waals surface area (Å²) in [6.45, 7) is 2.71. The second kappa shape index (κ2) is 10.1. The van der Waals surface area contributed by atoms with E-state index >= 15 is 0 Å². The molecule has 2 aromatic carbocycles. The summed E-state index contributed by atoms with van der Waals surface area (Å²) >= 11 is 0. The van der Waals surface area contributed by atoms with E-state index in [0.717, 1.165) is 12.1 Å². The zero-order valence-corrected chi connectivity index (χ0v) is 18.9. The van der Waals surface area contributed by atoms with E-state index in [1.807, 2.05) is 0 Å². The van der Waals surface area contributed by atoms with Crippen molar-refractivity contribution in [2.45, 2.75) is 38.5 Å². The topological polar surface area (TPSA) is 94.5 Å².